The minimum atomic E-state index is -4.57. The second-order valence-corrected chi connectivity index (χ2v) is 8.87. The van der Waals surface area contributed by atoms with Crippen molar-refractivity contribution in [3.8, 4) is 0 Å². The molecule has 31 heavy (non-hydrogen) atoms. The molecule has 0 aliphatic carbocycles. The highest BCUT2D eigenvalue weighted by atomic mass is 79.9. The van der Waals surface area contributed by atoms with E-state index in [0.29, 0.717) is 4.47 Å². The number of halogens is 4. The van der Waals surface area contributed by atoms with E-state index in [0.717, 1.165) is 11.0 Å². The van der Waals surface area contributed by atoms with Gasteiger partial charge in [0.1, 0.15) is 5.69 Å². The van der Waals surface area contributed by atoms with E-state index in [9.17, 15) is 27.9 Å². The molecule has 0 aliphatic heterocycles. The van der Waals surface area contributed by atoms with Gasteiger partial charge < -0.3 is 15.3 Å². The Hall–Kier alpha value is -2.62. The first kappa shape index (κ1) is 24.6. The molecule has 1 heterocycles. The number of amides is 2. The van der Waals surface area contributed by atoms with Crippen molar-refractivity contribution in [2.24, 2.45) is 0 Å². The lowest BCUT2D eigenvalue weighted by Crippen LogP contribution is -2.53. The zero-order chi connectivity index (χ0) is 23.4. The fourth-order valence-corrected chi connectivity index (χ4v) is 3.26. The lowest BCUT2D eigenvalue weighted by atomic mass is 9.97. The average molecular weight is 502 g/mol. The van der Waals surface area contributed by atoms with Crippen LogP contribution in [0.1, 0.15) is 42.4 Å². The number of benzene rings is 1. The minimum absolute atomic E-state index is 0.0386. The number of aromatic nitrogens is 1. The van der Waals surface area contributed by atoms with Crippen LogP contribution in [-0.2, 0) is 12.6 Å². The van der Waals surface area contributed by atoms with Crippen LogP contribution in [-0.4, -0.2) is 45.1 Å². The number of alkyl halides is 3. The quantitative estimate of drug-likeness (QED) is 0.584. The molecule has 0 unspecified atom stereocenters. The summed E-state index contributed by atoms with van der Waals surface area (Å²) in [6.45, 7) is 4.80. The number of hydrogen-bond acceptors (Lipinski definition) is 3. The molecule has 0 aliphatic rings. The van der Waals surface area contributed by atoms with E-state index in [1.54, 1.807) is 26.8 Å². The first-order valence-corrected chi connectivity index (χ1v) is 10.2. The Balaban J connectivity index is 2.37. The van der Waals surface area contributed by atoms with E-state index in [1.807, 2.05) is 0 Å². The highest BCUT2D eigenvalue weighted by molar-refractivity contribution is 9.10. The molecule has 168 valence electrons. The summed E-state index contributed by atoms with van der Waals surface area (Å²) in [5.74, 6) is -0.610. The van der Waals surface area contributed by atoms with E-state index in [2.05, 4.69) is 26.2 Å². The summed E-state index contributed by atoms with van der Waals surface area (Å²) in [6.07, 6.45) is -4.61. The normalized spacial score (nSPS) is 12.9. The second-order valence-electron chi connectivity index (χ2n) is 7.96. The summed E-state index contributed by atoms with van der Waals surface area (Å²) >= 11 is 3.21. The van der Waals surface area contributed by atoms with E-state index in [1.165, 1.54) is 30.5 Å². The Kier molecular flexibility index (Phi) is 7.69. The van der Waals surface area contributed by atoms with Gasteiger partial charge in [-0.05, 0) is 66.9 Å². The van der Waals surface area contributed by atoms with E-state index in [4.69, 9.17) is 0 Å². The second kappa shape index (κ2) is 9.67. The smallest absolute Gasteiger partial charge is 0.416 e. The van der Waals surface area contributed by atoms with Crippen molar-refractivity contribution in [3.63, 3.8) is 0 Å². The molecule has 2 N–H and O–H groups in total. The zero-order valence-electron chi connectivity index (χ0n) is 17.2. The van der Waals surface area contributed by atoms with Crippen LogP contribution in [0.25, 0.3) is 0 Å². The number of carbonyl (C=O) groups excluding carboxylic acids is 1. The van der Waals surface area contributed by atoms with Crippen LogP contribution in [0.5, 0.6) is 0 Å². The molecule has 0 saturated heterocycles. The molecule has 1 atom stereocenters. The maximum Gasteiger partial charge on any atom is 0.416 e. The van der Waals surface area contributed by atoms with Gasteiger partial charge in [0.05, 0.1) is 11.6 Å². The standard InChI is InChI=1S/C21H23BrF3N3O3/c1-20(2,3)28(19(30)31)12-15(27-18(29)17-9-8-14(22)11-26-17)10-13-6-4-5-7-16(13)21(23,24)25/h4-9,11,15H,10,12H2,1-3H3,(H,27,29)(H,30,31)/t15-/m0/s1. The molecule has 10 heteroatoms. The Morgan fingerprint density at radius 3 is 2.32 bits per heavy atom. The Bertz CT molecular complexity index is 928. The van der Waals surface area contributed by atoms with Crippen LogP contribution in [0.2, 0.25) is 0 Å². The molecule has 2 aromatic rings. The van der Waals surface area contributed by atoms with Gasteiger partial charge >= 0.3 is 12.3 Å². The van der Waals surface area contributed by atoms with Crippen LogP contribution in [0.15, 0.2) is 47.1 Å². The fraction of sp³-hybridized carbons (Fsp3) is 0.381. The maximum absolute atomic E-state index is 13.4. The molecule has 1 aromatic heterocycles. The molecule has 0 bridgehead atoms. The summed E-state index contributed by atoms with van der Waals surface area (Å²) in [5.41, 5.74) is -1.62. The first-order valence-electron chi connectivity index (χ1n) is 9.37. The predicted octanol–water partition coefficient (Wildman–Crippen LogP) is 4.98. The number of pyridine rings is 1. The Morgan fingerprint density at radius 2 is 1.81 bits per heavy atom. The number of nitrogens with one attached hydrogen (secondary N) is 1. The number of carboxylic acid groups (broad SMARTS) is 1. The highest BCUT2D eigenvalue weighted by Gasteiger charge is 2.35. The molecule has 6 nitrogen and oxygen atoms in total. The Labute approximate surface area is 186 Å². The SMILES string of the molecule is CC(C)(C)N(C[C@H](Cc1ccccc1C(F)(F)F)NC(=O)c1ccc(Br)cn1)C(=O)O. The van der Waals surface area contributed by atoms with Gasteiger partial charge in [-0.1, -0.05) is 18.2 Å². The monoisotopic (exact) mass is 501 g/mol. The summed E-state index contributed by atoms with van der Waals surface area (Å²) in [6, 6.07) is 7.18. The lowest BCUT2D eigenvalue weighted by Gasteiger charge is -2.36. The molecule has 0 saturated carbocycles. The van der Waals surface area contributed by atoms with Crippen LogP contribution in [0.3, 0.4) is 0 Å². The van der Waals surface area contributed by atoms with Gasteiger partial charge in [-0.2, -0.15) is 13.2 Å². The number of carbonyl (C=O) groups is 2. The van der Waals surface area contributed by atoms with Crippen molar-refractivity contribution in [1.82, 2.24) is 15.2 Å². The van der Waals surface area contributed by atoms with Gasteiger partial charge in [0.15, 0.2) is 0 Å². The van der Waals surface area contributed by atoms with Crippen molar-refractivity contribution < 1.29 is 27.9 Å². The lowest BCUT2D eigenvalue weighted by molar-refractivity contribution is -0.138. The van der Waals surface area contributed by atoms with Crippen molar-refractivity contribution >= 4 is 27.9 Å². The summed E-state index contributed by atoms with van der Waals surface area (Å²) < 4.78 is 41.0. The minimum Gasteiger partial charge on any atom is -0.465 e. The van der Waals surface area contributed by atoms with Gasteiger partial charge in [-0.3, -0.25) is 4.79 Å². The third-order valence-corrected chi connectivity index (χ3v) is 5.00. The van der Waals surface area contributed by atoms with Crippen LogP contribution in [0.4, 0.5) is 18.0 Å². The summed E-state index contributed by atoms with van der Waals surface area (Å²) in [5, 5.41) is 12.3. The highest BCUT2D eigenvalue weighted by Crippen LogP contribution is 2.32. The first-order chi connectivity index (χ1) is 14.3. The number of hydrogen-bond donors (Lipinski definition) is 2. The van der Waals surface area contributed by atoms with E-state index in [-0.39, 0.29) is 24.2 Å². The molecular weight excluding hydrogens is 479 g/mol. The van der Waals surface area contributed by atoms with Crippen molar-refractivity contribution in [2.75, 3.05) is 6.54 Å². The number of rotatable bonds is 6. The topological polar surface area (TPSA) is 82.5 Å². The Morgan fingerprint density at radius 1 is 1.16 bits per heavy atom. The van der Waals surface area contributed by atoms with Gasteiger partial charge in [-0.15, -0.1) is 0 Å². The largest absolute Gasteiger partial charge is 0.465 e. The molecule has 0 spiro atoms. The summed E-state index contributed by atoms with van der Waals surface area (Å²) in [7, 11) is 0. The van der Waals surface area contributed by atoms with Gasteiger partial charge in [0.25, 0.3) is 5.91 Å². The van der Waals surface area contributed by atoms with Crippen LogP contribution in [0, 0.1) is 0 Å². The molecular formula is C21H23BrF3N3O3. The molecule has 2 amide bonds. The van der Waals surface area contributed by atoms with Gasteiger partial charge in [0.2, 0.25) is 0 Å². The summed E-state index contributed by atoms with van der Waals surface area (Å²) in [4.78, 5) is 29.5. The molecule has 0 fully saturated rings. The molecule has 2 rings (SSSR count). The van der Waals surface area contributed by atoms with Crippen LogP contribution < -0.4 is 5.32 Å². The van der Waals surface area contributed by atoms with Crippen molar-refractivity contribution in [1.29, 1.82) is 0 Å². The van der Waals surface area contributed by atoms with Crippen molar-refractivity contribution in [2.45, 2.75) is 44.9 Å². The third-order valence-electron chi connectivity index (χ3n) is 4.53. The van der Waals surface area contributed by atoms with Gasteiger partial charge in [-0.25, -0.2) is 9.78 Å². The maximum atomic E-state index is 13.4. The molecule has 1 aromatic carbocycles. The zero-order valence-corrected chi connectivity index (χ0v) is 18.8. The fourth-order valence-electron chi connectivity index (χ4n) is 3.03. The van der Waals surface area contributed by atoms with E-state index < -0.39 is 35.3 Å². The predicted molar refractivity (Wildman–Crippen MR) is 113 cm³/mol. The van der Waals surface area contributed by atoms with Crippen LogP contribution >= 0.6 is 15.9 Å². The third kappa shape index (κ3) is 6.95. The van der Waals surface area contributed by atoms with E-state index >= 15 is 0 Å². The number of nitrogens with zero attached hydrogens (tertiary/aromatic N) is 2. The average Bonchev–Trinajstić information content (AvgIpc) is 2.64. The van der Waals surface area contributed by atoms with Gasteiger partial charge in [0, 0.05) is 22.8 Å². The van der Waals surface area contributed by atoms with Crippen molar-refractivity contribution in [3.05, 3.63) is 63.9 Å². The molecule has 0 radical (unpaired) electrons.